The van der Waals surface area contributed by atoms with Gasteiger partial charge in [-0.15, -0.1) is 0 Å². The van der Waals surface area contributed by atoms with Crippen LogP contribution in [0.1, 0.15) is 18.9 Å². The van der Waals surface area contributed by atoms with Gasteiger partial charge in [0.2, 0.25) is 0 Å². The van der Waals surface area contributed by atoms with Gasteiger partial charge in [-0.2, -0.15) is 5.10 Å². The minimum absolute atomic E-state index is 0.637. The van der Waals surface area contributed by atoms with E-state index in [1.807, 2.05) is 29.7 Å². The van der Waals surface area contributed by atoms with Gasteiger partial charge in [0.15, 0.2) is 10.6 Å². The lowest BCUT2D eigenvalue weighted by Gasteiger charge is -2.07. The number of rotatable bonds is 3. The van der Waals surface area contributed by atoms with Gasteiger partial charge < -0.3 is 4.57 Å². The minimum Gasteiger partial charge on any atom is -0.300 e. The molecular weight excluding hydrogens is 254 g/mol. The van der Waals surface area contributed by atoms with Gasteiger partial charge in [0, 0.05) is 12.1 Å². The molecule has 0 unspecified atom stereocenters. The third-order valence-corrected chi connectivity index (χ3v) is 3.20. The van der Waals surface area contributed by atoms with E-state index in [-0.39, 0.29) is 0 Å². The highest BCUT2D eigenvalue weighted by Crippen LogP contribution is 2.27. The third-order valence-electron chi connectivity index (χ3n) is 2.57. The Balaban J connectivity index is 2.56. The molecule has 1 heterocycles. The summed E-state index contributed by atoms with van der Waals surface area (Å²) >= 11 is 11.5. The number of aryl methyl sites for hydroxylation is 1. The molecule has 2 aromatic rings. The number of H-pyrrole nitrogens is 1. The van der Waals surface area contributed by atoms with Crippen molar-refractivity contribution in [2.75, 3.05) is 0 Å². The zero-order chi connectivity index (χ0) is 12.4. The molecule has 0 saturated carbocycles. The van der Waals surface area contributed by atoms with E-state index in [2.05, 4.69) is 17.1 Å². The van der Waals surface area contributed by atoms with Crippen molar-refractivity contribution in [1.29, 1.82) is 0 Å². The Hall–Kier alpha value is -1.13. The number of benzene rings is 1. The highest BCUT2D eigenvalue weighted by molar-refractivity contribution is 7.71. The molecule has 3 nitrogen and oxygen atoms in total. The first-order chi connectivity index (χ1) is 8.13. The topological polar surface area (TPSA) is 33.6 Å². The summed E-state index contributed by atoms with van der Waals surface area (Å²) in [6.45, 7) is 4.96. The molecule has 0 bridgehead atoms. The van der Waals surface area contributed by atoms with E-state index in [1.165, 1.54) is 0 Å². The molecule has 0 aliphatic heterocycles. The Morgan fingerprint density at radius 2 is 2.24 bits per heavy atom. The van der Waals surface area contributed by atoms with Gasteiger partial charge in [-0.25, -0.2) is 0 Å². The molecule has 2 rings (SSSR count). The molecule has 1 N–H and O–H groups in total. The number of halogens is 1. The second kappa shape index (κ2) is 5.02. The van der Waals surface area contributed by atoms with Crippen LogP contribution in [0.3, 0.4) is 0 Å². The van der Waals surface area contributed by atoms with Gasteiger partial charge in [0.25, 0.3) is 0 Å². The Bertz CT molecular complexity index is 586. The second-order valence-electron chi connectivity index (χ2n) is 3.99. The summed E-state index contributed by atoms with van der Waals surface area (Å²) in [6, 6.07) is 5.94. The lowest BCUT2D eigenvalue weighted by molar-refractivity contribution is 0.675. The number of nitrogens with one attached hydrogen (secondary N) is 1. The van der Waals surface area contributed by atoms with Crippen LogP contribution in [0.15, 0.2) is 18.2 Å². The highest BCUT2D eigenvalue weighted by atomic mass is 35.5. The number of hydrogen-bond acceptors (Lipinski definition) is 2. The highest BCUT2D eigenvalue weighted by Gasteiger charge is 2.11. The van der Waals surface area contributed by atoms with Gasteiger partial charge in [0.05, 0.1) is 5.02 Å². The van der Waals surface area contributed by atoms with Gasteiger partial charge >= 0.3 is 0 Å². The maximum absolute atomic E-state index is 6.24. The molecule has 1 aromatic heterocycles. The molecule has 0 radical (unpaired) electrons. The van der Waals surface area contributed by atoms with Crippen molar-refractivity contribution < 1.29 is 0 Å². The Morgan fingerprint density at radius 3 is 2.88 bits per heavy atom. The summed E-state index contributed by atoms with van der Waals surface area (Å²) in [4.78, 5) is 0. The molecule has 17 heavy (non-hydrogen) atoms. The van der Waals surface area contributed by atoms with Crippen molar-refractivity contribution in [2.24, 2.45) is 0 Å². The average Bonchev–Trinajstić information content (AvgIpc) is 2.62. The first-order valence-electron chi connectivity index (χ1n) is 5.55. The average molecular weight is 268 g/mol. The fourth-order valence-electron chi connectivity index (χ4n) is 1.76. The van der Waals surface area contributed by atoms with E-state index < -0.39 is 0 Å². The van der Waals surface area contributed by atoms with Crippen LogP contribution in [-0.2, 0) is 6.54 Å². The summed E-state index contributed by atoms with van der Waals surface area (Å²) in [7, 11) is 0. The second-order valence-corrected chi connectivity index (χ2v) is 4.78. The summed E-state index contributed by atoms with van der Waals surface area (Å²) in [5, 5.41) is 7.78. The lowest BCUT2D eigenvalue weighted by atomic mass is 10.1. The van der Waals surface area contributed by atoms with E-state index in [0.717, 1.165) is 29.9 Å². The molecule has 0 saturated heterocycles. The van der Waals surface area contributed by atoms with Crippen molar-refractivity contribution in [1.82, 2.24) is 14.8 Å². The van der Waals surface area contributed by atoms with E-state index in [9.17, 15) is 0 Å². The van der Waals surface area contributed by atoms with Gasteiger partial charge in [-0.1, -0.05) is 24.6 Å². The summed E-state index contributed by atoms with van der Waals surface area (Å²) < 4.78 is 2.62. The molecular formula is C12H14ClN3S. The molecule has 0 amide bonds. The SMILES string of the molecule is CCCn1c(-c2ccc(C)cc2Cl)n[nH]c1=S. The van der Waals surface area contributed by atoms with Crippen molar-refractivity contribution in [2.45, 2.75) is 26.8 Å². The molecule has 0 fully saturated rings. The summed E-state index contributed by atoms with van der Waals surface area (Å²) in [5.74, 6) is 0.807. The molecule has 5 heteroatoms. The number of hydrogen-bond donors (Lipinski definition) is 1. The van der Waals surface area contributed by atoms with Crippen LogP contribution in [0.2, 0.25) is 5.02 Å². The normalized spacial score (nSPS) is 10.8. The fourth-order valence-corrected chi connectivity index (χ4v) is 2.30. The van der Waals surface area contributed by atoms with Crippen LogP contribution in [0.25, 0.3) is 11.4 Å². The van der Waals surface area contributed by atoms with Crippen LogP contribution in [-0.4, -0.2) is 14.8 Å². The Kier molecular flexibility index (Phi) is 3.64. The Morgan fingerprint density at radius 1 is 1.47 bits per heavy atom. The number of aromatic amines is 1. The lowest BCUT2D eigenvalue weighted by Crippen LogP contribution is -2.00. The largest absolute Gasteiger partial charge is 0.300 e. The monoisotopic (exact) mass is 267 g/mol. The first kappa shape index (κ1) is 12.3. The van der Waals surface area contributed by atoms with Crippen molar-refractivity contribution in [3.8, 4) is 11.4 Å². The van der Waals surface area contributed by atoms with Gasteiger partial charge in [-0.3, -0.25) is 5.10 Å². The van der Waals surface area contributed by atoms with Crippen LogP contribution in [0.4, 0.5) is 0 Å². The molecule has 0 aliphatic carbocycles. The van der Waals surface area contributed by atoms with Crippen LogP contribution >= 0.6 is 23.8 Å². The van der Waals surface area contributed by atoms with E-state index in [0.29, 0.717) is 9.79 Å². The first-order valence-corrected chi connectivity index (χ1v) is 6.34. The van der Waals surface area contributed by atoms with Gasteiger partial charge in [0.1, 0.15) is 0 Å². The predicted molar refractivity (Wildman–Crippen MR) is 72.9 cm³/mol. The van der Waals surface area contributed by atoms with Crippen molar-refractivity contribution in [3.63, 3.8) is 0 Å². The van der Waals surface area contributed by atoms with E-state index in [1.54, 1.807) is 0 Å². The number of nitrogens with zero attached hydrogens (tertiary/aromatic N) is 2. The number of aromatic nitrogens is 3. The van der Waals surface area contributed by atoms with Crippen LogP contribution in [0, 0.1) is 11.7 Å². The molecule has 0 aliphatic rings. The minimum atomic E-state index is 0.637. The van der Waals surface area contributed by atoms with E-state index in [4.69, 9.17) is 23.8 Å². The van der Waals surface area contributed by atoms with Crippen LogP contribution in [0.5, 0.6) is 0 Å². The third kappa shape index (κ3) is 2.42. The van der Waals surface area contributed by atoms with Gasteiger partial charge in [-0.05, 0) is 43.3 Å². The van der Waals surface area contributed by atoms with Crippen molar-refractivity contribution in [3.05, 3.63) is 33.6 Å². The smallest absolute Gasteiger partial charge is 0.195 e. The van der Waals surface area contributed by atoms with Crippen molar-refractivity contribution >= 4 is 23.8 Å². The molecule has 1 aromatic carbocycles. The Labute approximate surface area is 110 Å². The zero-order valence-electron chi connectivity index (χ0n) is 9.83. The summed E-state index contributed by atoms with van der Waals surface area (Å²) in [6.07, 6.45) is 1.00. The van der Waals surface area contributed by atoms with E-state index >= 15 is 0 Å². The standard InChI is InChI=1S/C12H14ClN3S/c1-3-6-16-11(14-15-12(16)17)9-5-4-8(2)7-10(9)13/h4-5,7H,3,6H2,1-2H3,(H,15,17). The zero-order valence-corrected chi connectivity index (χ0v) is 11.4. The summed E-state index contributed by atoms with van der Waals surface area (Å²) in [5.41, 5.74) is 2.05. The quantitative estimate of drug-likeness (QED) is 0.854. The molecule has 90 valence electrons. The predicted octanol–water partition coefficient (Wildman–Crippen LogP) is 3.98. The molecule has 0 spiro atoms. The maximum atomic E-state index is 6.24. The van der Waals surface area contributed by atoms with Crippen LogP contribution < -0.4 is 0 Å². The fraction of sp³-hybridized carbons (Fsp3) is 0.333. The maximum Gasteiger partial charge on any atom is 0.195 e. The molecule has 0 atom stereocenters.